The summed E-state index contributed by atoms with van der Waals surface area (Å²) >= 11 is 0. The summed E-state index contributed by atoms with van der Waals surface area (Å²) in [6.07, 6.45) is -10.6. The molecule has 0 saturated carbocycles. The lowest BCUT2D eigenvalue weighted by Crippen LogP contribution is -2.44. The van der Waals surface area contributed by atoms with Crippen molar-refractivity contribution < 1.29 is 36.6 Å². The molecule has 0 bridgehead atoms. The Bertz CT molecular complexity index is 550. The van der Waals surface area contributed by atoms with E-state index in [9.17, 15) is 31.4 Å². The number of hydrogen-bond donors (Lipinski definition) is 2. The van der Waals surface area contributed by atoms with Crippen LogP contribution in [0, 0.1) is 11.8 Å². The van der Waals surface area contributed by atoms with Gasteiger partial charge in [0.15, 0.2) is 0 Å². The van der Waals surface area contributed by atoms with Crippen molar-refractivity contribution in [3.05, 3.63) is 35.9 Å². The van der Waals surface area contributed by atoms with Crippen LogP contribution in [-0.4, -0.2) is 28.2 Å². The van der Waals surface area contributed by atoms with Gasteiger partial charge in [-0.05, 0) is 6.92 Å². The van der Waals surface area contributed by atoms with E-state index in [1.165, 1.54) is 6.07 Å². The number of aliphatic hydroxyl groups is 2. The van der Waals surface area contributed by atoms with E-state index in [-0.39, 0.29) is 6.92 Å². The Hall–Kier alpha value is -1.72. The van der Waals surface area contributed by atoms with Crippen molar-refractivity contribution in [1.29, 1.82) is 0 Å². The molecule has 1 aromatic rings. The molecule has 0 aliphatic carbocycles. The third-order valence-electron chi connectivity index (χ3n) is 2.64. The fourth-order valence-electron chi connectivity index (χ4n) is 1.27. The quantitative estimate of drug-likeness (QED) is 0.618. The van der Waals surface area contributed by atoms with Gasteiger partial charge in [0.25, 0.3) is 0 Å². The van der Waals surface area contributed by atoms with E-state index >= 15 is 0 Å². The Morgan fingerprint density at radius 1 is 0.810 bits per heavy atom. The van der Waals surface area contributed by atoms with Crippen LogP contribution in [0.1, 0.15) is 12.5 Å². The van der Waals surface area contributed by atoms with Crippen molar-refractivity contribution >= 4 is 0 Å². The molecule has 0 heterocycles. The molecule has 2 nitrogen and oxygen atoms in total. The maximum absolute atomic E-state index is 12.9. The zero-order chi connectivity index (χ0) is 16.5. The number of alkyl halides is 6. The van der Waals surface area contributed by atoms with E-state index in [0.717, 1.165) is 36.1 Å². The normalized spacial score (nSPS) is 18.1. The van der Waals surface area contributed by atoms with Crippen molar-refractivity contribution in [3.63, 3.8) is 0 Å². The Morgan fingerprint density at radius 2 is 1.29 bits per heavy atom. The molecule has 1 aromatic carbocycles. The summed E-state index contributed by atoms with van der Waals surface area (Å²) in [7, 11) is 0. The second-order valence-corrected chi connectivity index (χ2v) is 4.39. The standard InChI is InChI=1S/C13H10F6O2/c1-10(20,12(14,15)16)7-8-11(21,13(17,18)19)9-5-3-2-4-6-9/h2-6,20-21H,1H3/t10-,11+/m1/s1. The molecule has 0 aliphatic rings. The van der Waals surface area contributed by atoms with Crippen LogP contribution in [0.2, 0.25) is 0 Å². The van der Waals surface area contributed by atoms with Gasteiger partial charge in [0, 0.05) is 5.56 Å². The number of benzene rings is 1. The Labute approximate surface area is 116 Å². The molecule has 0 fully saturated rings. The van der Waals surface area contributed by atoms with Gasteiger partial charge in [-0.2, -0.15) is 26.3 Å². The zero-order valence-corrected chi connectivity index (χ0v) is 10.5. The van der Waals surface area contributed by atoms with Gasteiger partial charge >= 0.3 is 12.4 Å². The van der Waals surface area contributed by atoms with Crippen molar-refractivity contribution in [2.24, 2.45) is 0 Å². The molecule has 2 N–H and O–H groups in total. The van der Waals surface area contributed by atoms with Crippen LogP contribution < -0.4 is 0 Å². The van der Waals surface area contributed by atoms with E-state index in [1.54, 1.807) is 0 Å². The lowest BCUT2D eigenvalue weighted by molar-refractivity contribution is -0.242. The van der Waals surface area contributed by atoms with Gasteiger partial charge in [-0.25, -0.2) is 0 Å². The molecule has 0 aliphatic heterocycles. The molecule has 0 unspecified atom stereocenters. The van der Waals surface area contributed by atoms with Crippen LogP contribution >= 0.6 is 0 Å². The van der Waals surface area contributed by atoms with Crippen molar-refractivity contribution in [2.45, 2.75) is 30.5 Å². The Morgan fingerprint density at radius 3 is 1.67 bits per heavy atom. The molecule has 1 rings (SSSR count). The molecule has 0 aromatic heterocycles. The van der Waals surface area contributed by atoms with Crippen LogP contribution in [0.5, 0.6) is 0 Å². The summed E-state index contributed by atoms with van der Waals surface area (Å²) in [5, 5.41) is 18.7. The smallest absolute Gasteiger partial charge is 0.370 e. The van der Waals surface area contributed by atoms with Crippen LogP contribution in [0.4, 0.5) is 26.3 Å². The van der Waals surface area contributed by atoms with E-state index in [4.69, 9.17) is 5.11 Å². The zero-order valence-electron chi connectivity index (χ0n) is 10.5. The molecule has 0 amide bonds. The third-order valence-corrected chi connectivity index (χ3v) is 2.64. The summed E-state index contributed by atoms with van der Waals surface area (Å²) in [6, 6.07) is 5.42. The van der Waals surface area contributed by atoms with Gasteiger partial charge < -0.3 is 10.2 Å². The molecule has 21 heavy (non-hydrogen) atoms. The monoisotopic (exact) mass is 312 g/mol. The highest BCUT2D eigenvalue weighted by Gasteiger charge is 2.55. The molecule has 8 heteroatoms. The number of hydrogen-bond acceptors (Lipinski definition) is 2. The first kappa shape index (κ1) is 17.3. The van der Waals surface area contributed by atoms with Gasteiger partial charge in [0.05, 0.1) is 0 Å². The van der Waals surface area contributed by atoms with E-state index in [1.807, 2.05) is 0 Å². The van der Waals surface area contributed by atoms with Crippen LogP contribution in [0.15, 0.2) is 30.3 Å². The van der Waals surface area contributed by atoms with Gasteiger partial charge in [-0.15, -0.1) is 0 Å². The molecular formula is C13H10F6O2. The SMILES string of the molecule is C[C@@](O)(C#C[C@](O)(c1ccccc1)C(F)(F)F)C(F)(F)F. The predicted molar refractivity (Wildman–Crippen MR) is 60.8 cm³/mol. The average Bonchev–Trinajstić information content (AvgIpc) is 2.34. The second kappa shape index (κ2) is 5.24. The summed E-state index contributed by atoms with van der Waals surface area (Å²) in [5.41, 5.74) is -8.24. The first-order chi connectivity index (χ1) is 9.31. The van der Waals surface area contributed by atoms with Crippen molar-refractivity contribution in [2.75, 3.05) is 0 Å². The number of rotatable bonds is 1. The highest BCUT2D eigenvalue weighted by molar-refractivity contribution is 5.35. The topological polar surface area (TPSA) is 40.5 Å². The van der Waals surface area contributed by atoms with Gasteiger partial charge in [0.1, 0.15) is 0 Å². The van der Waals surface area contributed by atoms with E-state index in [2.05, 4.69) is 0 Å². The van der Waals surface area contributed by atoms with Crippen LogP contribution in [-0.2, 0) is 5.60 Å². The minimum Gasteiger partial charge on any atom is -0.370 e. The number of halogens is 6. The first-order valence-corrected chi connectivity index (χ1v) is 5.49. The third kappa shape index (κ3) is 3.49. The molecule has 116 valence electrons. The lowest BCUT2D eigenvalue weighted by Gasteiger charge is -2.27. The fraction of sp³-hybridized carbons (Fsp3) is 0.385. The van der Waals surface area contributed by atoms with Gasteiger partial charge in [-0.3, -0.25) is 0 Å². The van der Waals surface area contributed by atoms with Gasteiger partial charge in [-0.1, -0.05) is 42.2 Å². The fourth-order valence-corrected chi connectivity index (χ4v) is 1.27. The molecule has 2 atom stereocenters. The second-order valence-electron chi connectivity index (χ2n) is 4.39. The largest absolute Gasteiger partial charge is 0.433 e. The summed E-state index contributed by atoms with van der Waals surface area (Å²) < 4.78 is 76.0. The van der Waals surface area contributed by atoms with Crippen molar-refractivity contribution in [1.82, 2.24) is 0 Å². The summed E-state index contributed by atoms with van der Waals surface area (Å²) in [5.74, 6) is 2.16. The van der Waals surface area contributed by atoms with E-state index in [0.29, 0.717) is 0 Å². The Kier molecular flexibility index (Phi) is 4.32. The van der Waals surface area contributed by atoms with Gasteiger partial charge in [0.2, 0.25) is 11.2 Å². The first-order valence-electron chi connectivity index (χ1n) is 5.49. The minimum absolute atomic E-state index is 0.196. The Balaban J connectivity index is 3.39. The lowest BCUT2D eigenvalue weighted by atomic mass is 9.92. The average molecular weight is 312 g/mol. The summed E-state index contributed by atoms with van der Waals surface area (Å²) in [4.78, 5) is 0. The molecule has 0 spiro atoms. The minimum atomic E-state index is -5.34. The van der Waals surface area contributed by atoms with E-state index < -0.39 is 29.1 Å². The van der Waals surface area contributed by atoms with Crippen LogP contribution in [0.3, 0.4) is 0 Å². The summed E-state index contributed by atoms with van der Waals surface area (Å²) in [6.45, 7) is 0.196. The highest BCUT2D eigenvalue weighted by atomic mass is 19.4. The van der Waals surface area contributed by atoms with Crippen molar-refractivity contribution in [3.8, 4) is 11.8 Å². The molecular weight excluding hydrogens is 302 g/mol. The molecule has 0 saturated heterocycles. The predicted octanol–water partition coefficient (Wildman–Crippen LogP) is 2.75. The highest BCUT2D eigenvalue weighted by Crippen LogP contribution is 2.39. The maximum atomic E-state index is 12.9. The van der Waals surface area contributed by atoms with Crippen LogP contribution in [0.25, 0.3) is 0 Å². The molecule has 0 radical (unpaired) electrons. The maximum Gasteiger partial charge on any atom is 0.433 e.